The Kier molecular flexibility index (Phi) is 7.65. The van der Waals surface area contributed by atoms with Gasteiger partial charge in [0.1, 0.15) is 24.3 Å². The van der Waals surface area contributed by atoms with E-state index in [4.69, 9.17) is 14.7 Å². The summed E-state index contributed by atoms with van der Waals surface area (Å²) in [6.07, 6.45) is -2.77. The molecule has 0 aliphatic carbocycles. The molecular weight excluding hydrogens is 481 g/mol. The average Bonchev–Trinajstić information content (AvgIpc) is 3.28. The Labute approximate surface area is 206 Å². The van der Waals surface area contributed by atoms with Gasteiger partial charge in [0.2, 0.25) is 5.91 Å². The fraction of sp³-hybridized carbons (Fsp3) is 0.565. The summed E-state index contributed by atoms with van der Waals surface area (Å²) in [5, 5.41) is 10.1. The largest absolute Gasteiger partial charge is 0.493 e. The summed E-state index contributed by atoms with van der Waals surface area (Å²) in [4.78, 5) is 32.7. The first-order valence-electron chi connectivity index (χ1n) is 11.6. The van der Waals surface area contributed by atoms with Gasteiger partial charge in [0, 0.05) is 39.4 Å². The van der Waals surface area contributed by atoms with Gasteiger partial charge in [-0.05, 0) is 25.0 Å². The van der Waals surface area contributed by atoms with Crippen molar-refractivity contribution in [3.8, 4) is 6.07 Å². The van der Waals surface area contributed by atoms with Gasteiger partial charge in [0.15, 0.2) is 5.57 Å². The van der Waals surface area contributed by atoms with Crippen molar-refractivity contribution in [2.45, 2.75) is 37.6 Å². The van der Waals surface area contributed by atoms with E-state index in [0.29, 0.717) is 44.6 Å². The number of hydrogen-bond acceptors (Lipinski definition) is 8. The first kappa shape index (κ1) is 25.7. The number of rotatable bonds is 6. The van der Waals surface area contributed by atoms with E-state index in [9.17, 15) is 22.8 Å². The van der Waals surface area contributed by atoms with Crippen LogP contribution >= 0.6 is 0 Å². The van der Waals surface area contributed by atoms with Gasteiger partial charge in [-0.15, -0.1) is 0 Å². The number of piperazine rings is 1. The van der Waals surface area contributed by atoms with Crippen LogP contribution < -0.4 is 10.3 Å². The van der Waals surface area contributed by atoms with E-state index in [-0.39, 0.29) is 31.6 Å². The Morgan fingerprint density at radius 2 is 1.97 bits per heavy atom. The number of carbonyl (C=O) groups excluding carboxylic acids is 2. The van der Waals surface area contributed by atoms with Gasteiger partial charge in [-0.25, -0.2) is 9.99 Å². The number of nitriles is 1. The molecule has 4 heterocycles. The van der Waals surface area contributed by atoms with Crippen LogP contribution in [0.5, 0.6) is 0 Å². The SMILES string of the molecule is CN1CC(OC[C@@H]2CC[C@H](CC(=O)N3CCN(c4ccc(C#N)cn4)CC3)O2)=C(C(F)(F)F)C(=O)N1. The van der Waals surface area contributed by atoms with E-state index in [2.05, 4.69) is 15.3 Å². The Morgan fingerprint density at radius 1 is 1.25 bits per heavy atom. The number of alkyl halides is 3. The van der Waals surface area contributed by atoms with E-state index in [1.165, 1.54) is 18.3 Å². The molecule has 2 atom stereocenters. The minimum Gasteiger partial charge on any atom is -0.493 e. The van der Waals surface area contributed by atoms with Gasteiger partial charge in [0.25, 0.3) is 5.91 Å². The standard InChI is InChI=1S/C23H27F3N6O4/c1-30-13-18(21(22(34)29-30)23(24,25)26)35-14-17-4-3-16(36-17)10-20(33)32-8-6-31(7-9-32)19-5-2-15(11-27)12-28-19/h2,5,12,16-17H,3-4,6-10,13-14H2,1H3,(H,29,34)/t16-,17+/m1/s1. The van der Waals surface area contributed by atoms with Gasteiger partial charge in [-0.1, -0.05) is 0 Å². The summed E-state index contributed by atoms with van der Waals surface area (Å²) in [6.45, 7) is 1.96. The molecule has 1 aromatic rings. The van der Waals surface area contributed by atoms with Crippen molar-refractivity contribution in [1.82, 2.24) is 20.3 Å². The molecule has 194 valence electrons. The number of likely N-dealkylation sites (N-methyl/N-ethyl adjacent to an activating group) is 1. The number of aromatic nitrogens is 1. The molecule has 0 aromatic carbocycles. The molecule has 2 saturated heterocycles. The molecule has 0 bridgehead atoms. The van der Waals surface area contributed by atoms with Crippen LogP contribution in [-0.4, -0.2) is 91.5 Å². The highest BCUT2D eigenvalue weighted by atomic mass is 19.4. The fourth-order valence-electron chi connectivity index (χ4n) is 4.49. The summed E-state index contributed by atoms with van der Waals surface area (Å²) < 4.78 is 51.1. The monoisotopic (exact) mass is 508 g/mol. The number of nitrogens with one attached hydrogen (secondary N) is 1. The highest BCUT2D eigenvalue weighted by Crippen LogP contribution is 2.32. The van der Waals surface area contributed by atoms with Crippen LogP contribution in [0.1, 0.15) is 24.8 Å². The molecule has 2 fully saturated rings. The maximum absolute atomic E-state index is 13.3. The zero-order valence-electron chi connectivity index (χ0n) is 19.8. The Hall–Kier alpha value is -3.37. The lowest BCUT2D eigenvalue weighted by Crippen LogP contribution is -2.49. The van der Waals surface area contributed by atoms with Crippen LogP contribution in [0.25, 0.3) is 0 Å². The summed E-state index contributed by atoms with van der Waals surface area (Å²) in [7, 11) is 1.45. The molecule has 4 rings (SSSR count). The average molecular weight is 509 g/mol. The van der Waals surface area contributed by atoms with Gasteiger partial charge >= 0.3 is 6.18 Å². The normalized spacial score (nSPS) is 23.5. The first-order chi connectivity index (χ1) is 17.1. The molecule has 1 N–H and O–H groups in total. The molecule has 3 aliphatic rings. The van der Waals surface area contributed by atoms with Crippen LogP contribution in [0.2, 0.25) is 0 Å². The van der Waals surface area contributed by atoms with E-state index >= 15 is 0 Å². The van der Waals surface area contributed by atoms with Gasteiger partial charge in [-0.2, -0.15) is 18.4 Å². The quantitative estimate of drug-likeness (QED) is 0.613. The molecule has 0 unspecified atom stereocenters. The smallest absolute Gasteiger partial charge is 0.425 e. The van der Waals surface area contributed by atoms with Gasteiger partial charge in [0.05, 0.1) is 30.7 Å². The Balaban J connectivity index is 1.23. The molecule has 10 nitrogen and oxygen atoms in total. The minimum atomic E-state index is -4.83. The van der Waals surface area contributed by atoms with E-state index in [1.807, 2.05) is 6.07 Å². The number of anilines is 1. The summed E-state index contributed by atoms with van der Waals surface area (Å²) in [5.74, 6) is -0.973. The van der Waals surface area contributed by atoms with Crippen LogP contribution in [0.15, 0.2) is 29.7 Å². The second-order valence-corrected chi connectivity index (χ2v) is 8.95. The zero-order chi connectivity index (χ0) is 25.9. The highest BCUT2D eigenvalue weighted by molar-refractivity contribution is 5.95. The number of pyridine rings is 1. The van der Waals surface area contributed by atoms with Crippen molar-refractivity contribution in [2.75, 3.05) is 51.3 Å². The van der Waals surface area contributed by atoms with Crippen molar-refractivity contribution >= 4 is 17.6 Å². The van der Waals surface area contributed by atoms with Crippen molar-refractivity contribution in [1.29, 1.82) is 5.26 Å². The van der Waals surface area contributed by atoms with Crippen molar-refractivity contribution in [3.05, 3.63) is 35.2 Å². The second kappa shape index (κ2) is 10.7. The number of hydrogen-bond donors (Lipinski definition) is 1. The van der Waals surface area contributed by atoms with Gasteiger partial charge in [-0.3, -0.25) is 15.0 Å². The molecule has 1 aromatic heterocycles. The van der Waals surface area contributed by atoms with Crippen molar-refractivity contribution < 1.29 is 32.2 Å². The van der Waals surface area contributed by atoms with E-state index < -0.39 is 29.5 Å². The lowest BCUT2D eigenvalue weighted by Gasteiger charge is -2.35. The summed E-state index contributed by atoms with van der Waals surface area (Å²) in [6, 6.07) is 5.53. The lowest BCUT2D eigenvalue weighted by molar-refractivity contribution is -0.140. The number of amides is 2. The summed E-state index contributed by atoms with van der Waals surface area (Å²) in [5.41, 5.74) is 1.27. The minimum absolute atomic E-state index is 0.0401. The zero-order valence-corrected chi connectivity index (χ0v) is 19.8. The van der Waals surface area contributed by atoms with E-state index in [1.54, 1.807) is 17.0 Å². The third-order valence-corrected chi connectivity index (χ3v) is 6.34. The maximum Gasteiger partial charge on any atom is 0.425 e. The third kappa shape index (κ3) is 6.06. The van der Waals surface area contributed by atoms with Crippen LogP contribution in [-0.2, 0) is 19.1 Å². The Bertz CT molecular complexity index is 1050. The molecule has 0 spiro atoms. The van der Waals surface area contributed by atoms with Crippen LogP contribution in [0.4, 0.5) is 19.0 Å². The number of halogens is 3. The van der Waals surface area contributed by atoms with Crippen LogP contribution in [0, 0.1) is 11.3 Å². The summed E-state index contributed by atoms with van der Waals surface area (Å²) >= 11 is 0. The van der Waals surface area contributed by atoms with Crippen molar-refractivity contribution in [3.63, 3.8) is 0 Å². The van der Waals surface area contributed by atoms with Crippen molar-refractivity contribution in [2.24, 2.45) is 0 Å². The third-order valence-electron chi connectivity index (χ3n) is 6.34. The fourth-order valence-corrected chi connectivity index (χ4v) is 4.49. The molecule has 3 aliphatic heterocycles. The first-order valence-corrected chi connectivity index (χ1v) is 11.6. The molecule has 36 heavy (non-hydrogen) atoms. The Morgan fingerprint density at radius 3 is 2.61 bits per heavy atom. The van der Waals surface area contributed by atoms with E-state index in [0.717, 1.165) is 5.82 Å². The highest BCUT2D eigenvalue weighted by Gasteiger charge is 2.45. The topological polar surface area (TPSA) is 111 Å². The van der Waals surface area contributed by atoms with Gasteiger partial charge < -0.3 is 19.3 Å². The predicted molar refractivity (Wildman–Crippen MR) is 120 cm³/mol. The molecule has 13 heteroatoms. The number of ether oxygens (including phenoxy) is 2. The number of nitrogens with zero attached hydrogens (tertiary/aromatic N) is 5. The van der Waals surface area contributed by atoms with Crippen LogP contribution in [0.3, 0.4) is 0 Å². The molecule has 0 radical (unpaired) electrons. The molecule has 2 amide bonds. The molecule has 0 saturated carbocycles. The number of hydrazine groups is 1. The second-order valence-electron chi connectivity index (χ2n) is 8.95. The molecular formula is C23H27F3N6O4. The maximum atomic E-state index is 13.3. The number of carbonyl (C=O) groups is 2. The lowest BCUT2D eigenvalue weighted by atomic mass is 10.1. The predicted octanol–water partition coefficient (Wildman–Crippen LogP) is 1.35.